The third-order valence-electron chi connectivity index (χ3n) is 3.16. The molecular weight excluding hydrogens is 278 g/mol. The van der Waals surface area contributed by atoms with E-state index in [1.54, 1.807) is 0 Å². The molecule has 98 valence electrons. The lowest BCUT2D eigenvalue weighted by atomic mass is 9.81. The van der Waals surface area contributed by atoms with Crippen LogP contribution in [0.1, 0.15) is 29.4 Å². The number of rotatable bonds is 5. The van der Waals surface area contributed by atoms with Crippen LogP contribution in [-0.4, -0.2) is 11.7 Å². The molecule has 0 aliphatic carbocycles. The summed E-state index contributed by atoms with van der Waals surface area (Å²) in [5.41, 5.74) is 2.00. The quantitative estimate of drug-likeness (QED) is 0.898. The van der Waals surface area contributed by atoms with Gasteiger partial charge < -0.3 is 5.11 Å². The van der Waals surface area contributed by atoms with E-state index in [1.165, 1.54) is 11.3 Å². The van der Waals surface area contributed by atoms with Crippen molar-refractivity contribution in [3.05, 3.63) is 57.2 Å². The lowest BCUT2D eigenvalue weighted by Gasteiger charge is -2.20. The fraction of sp³-hybridized carbons (Fsp3) is 0.267. The number of nitrogens with zero attached hydrogens (tertiary/aromatic N) is 1. The molecule has 0 aliphatic rings. The Morgan fingerprint density at radius 2 is 2.00 bits per heavy atom. The molecule has 1 aromatic carbocycles. The number of aliphatic hydroxyl groups is 1. The molecule has 0 unspecified atom stereocenters. The van der Waals surface area contributed by atoms with Crippen LogP contribution in [0.25, 0.3) is 0 Å². The molecule has 2 atom stereocenters. The maximum atomic E-state index is 9.48. The van der Waals surface area contributed by atoms with Crippen LogP contribution >= 0.6 is 22.9 Å². The predicted molar refractivity (Wildman–Crippen MR) is 78.6 cm³/mol. The van der Waals surface area contributed by atoms with E-state index in [0.717, 1.165) is 11.1 Å². The highest BCUT2D eigenvalue weighted by atomic mass is 35.5. The van der Waals surface area contributed by atoms with Gasteiger partial charge in [-0.05, 0) is 29.0 Å². The first-order valence-corrected chi connectivity index (χ1v) is 7.31. The summed E-state index contributed by atoms with van der Waals surface area (Å²) < 4.78 is 0.711. The number of halogens is 1. The molecule has 0 bridgehead atoms. The van der Waals surface area contributed by atoms with Crippen LogP contribution in [-0.2, 0) is 0 Å². The van der Waals surface area contributed by atoms with E-state index in [4.69, 9.17) is 11.6 Å². The Hall–Kier alpha value is -1.34. The molecule has 4 heteroatoms. The van der Waals surface area contributed by atoms with Crippen molar-refractivity contribution in [2.45, 2.75) is 18.3 Å². The highest BCUT2D eigenvalue weighted by Crippen LogP contribution is 2.38. The van der Waals surface area contributed by atoms with Crippen molar-refractivity contribution in [3.63, 3.8) is 0 Å². The standard InChI is InChI=1S/C15H14ClNOS/c16-15-8-12(10-19-15)13(6-7-18)14(9-17)11-4-2-1-3-5-11/h1-5,8,10,13-14,18H,6-7H2/t13-,14+/m1/s1. The second kappa shape index (κ2) is 6.72. The van der Waals surface area contributed by atoms with Crippen LogP contribution in [0.3, 0.4) is 0 Å². The zero-order chi connectivity index (χ0) is 13.7. The largest absolute Gasteiger partial charge is 0.396 e. The van der Waals surface area contributed by atoms with E-state index in [2.05, 4.69) is 6.07 Å². The van der Waals surface area contributed by atoms with E-state index in [0.29, 0.717) is 10.8 Å². The van der Waals surface area contributed by atoms with Gasteiger partial charge in [-0.1, -0.05) is 41.9 Å². The van der Waals surface area contributed by atoms with Crippen LogP contribution < -0.4 is 0 Å². The Bertz CT molecular complexity index is 561. The number of nitriles is 1. The summed E-state index contributed by atoms with van der Waals surface area (Å²) in [7, 11) is 0. The minimum atomic E-state index is -0.265. The summed E-state index contributed by atoms with van der Waals surface area (Å²) in [6, 6.07) is 13.9. The highest BCUT2D eigenvalue weighted by Gasteiger charge is 2.25. The van der Waals surface area contributed by atoms with Crippen molar-refractivity contribution in [1.29, 1.82) is 5.26 Å². The van der Waals surface area contributed by atoms with E-state index in [9.17, 15) is 10.4 Å². The average molecular weight is 292 g/mol. The maximum absolute atomic E-state index is 9.48. The van der Waals surface area contributed by atoms with Gasteiger partial charge in [0.2, 0.25) is 0 Å². The summed E-state index contributed by atoms with van der Waals surface area (Å²) in [5.74, 6) is -0.292. The lowest BCUT2D eigenvalue weighted by Crippen LogP contribution is -2.11. The Morgan fingerprint density at radius 1 is 1.26 bits per heavy atom. The van der Waals surface area contributed by atoms with Crippen LogP contribution in [0.4, 0.5) is 0 Å². The van der Waals surface area contributed by atoms with Crippen LogP contribution in [0.5, 0.6) is 0 Å². The molecule has 19 heavy (non-hydrogen) atoms. The molecule has 2 aromatic rings. The van der Waals surface area contributed by atoms with Gasteiger partial charge in [-0.2, -0.15) is 5.26 Å². The predicted octanol–water partition coefficient (Wildman–Crippen LogP) is 4.17. The minimum Gasteiger partial charge on any atom is -0.396 e. The van der Waals surface area contributed by atoms with Gasteiger partial charge in [0.05, 0.1) is 16.3 Å². The van der Waals surface area contributed by atoms with E-state index < -0.39 is 0 Å². The van der Waals surface area contributed by atoms with Crippen LogP contribution in [0.15, 0.2) is 41.8 Å². The first kappa shape index (κ1) is 14.1. The van der Waals surface area contributed by atoms with Gasteiger partial charge in [-0.15, -0.1) is 11.3 Å². The molecule has 1 N–H and O–H groups in total. The van der Waals surface area contributed by atoms with Crippen molar-refractivity contribution >= 4 is 22.9 Å². The number of hydrogen-bond acceptors (Lipinski definition) is 3. The van der Waals surface area contributed by atoms with E-state index in [-0.39, 0.29) is 18.4 Å². The molecular formula is C15H14ClNOS. The minimum absolute atomic E-state index is 0.0267. The second-order valence-corrected chi connectivity index (χ2v) is 5.86. The zero-order valence-electron chi connectivity index (χ0n) is 10.3. The SMILES string of the molecule is N#C[C@@H](c1ccccc1)[C@H](CCO)c1csc(Cl)c1. The molecule has 0 aliphatic heterocycles. The molecule has 0 saturated carbocycles. The summed E-state index contributed by atoms with van der Waals surface area (Å²) in [6.45, 7) is 0.0587. The summed E-state index contributed by atoms with van der Waals surface area (Å²) in [6.07, 6.45) is 0.556. The molecule has 2 rings (SSSR count). The summed E-state index contributed by atoms with van der Waals surface area (Å²) >= 11 is 7.43. The maximum Gasteiger partial charge on any atom is 0.0931 e. The fourth-order valence-corrected chi connectivity index (χ4v) is 3.20. The number of hydrogen-bond donors (Lipinski definition) is 1. The molecule has 2 nitrogen and oxygen atoms in total. The topological polar surface area (TPSA) is 44.0 Å². The molecule has 1 heterocycles. The number of aliphatic hydroxyl groups excluding tert-OH is 1. The van der Waals surface area contributed by atoms with Gasteiger partial charge in [0, 0.05) is 12.5 Å². The van der Waals surface area contributed by atoms with Crippen LogP contribution in [0, 0.1) is 11.3 Å². The van der Waals surface area contributed by atoms with Gasteiger partial charge in [-0.25, -0.2) is 0 Å². The molecule has 0 fully saturated rings. The first-order valence-electron chi connectivity index (χ1n) is 6.05. The third-order valence-corrected chi connectivity index (χ3v) is 4.27. The number of benzene rings is 1. The Kier molecular flexibility index (Phi) is 4.98. The Balaban J connectivity index is 2.34. The number of thiophene rings is 1. The molecule has 0 saturated heterocycles. The Labute approximate surface area is 121 Å². The second-order valence-electron chi connectivity index (χ2n) is 4.32. The van der Waals surface area contributed by atoms with Crippen molar-refractivity contribution in [2.75, 3.05) is 6.61 Å². The monoisotopic (exact) mass is 291 g/mol. The van der Waals surface area contributed by atoms with Gasteiger partial charge in [-0.3, -0.25) is 0 Å². The Morgan fingerprint density at radius 3 is 2.53 bits per heavy atom. The average Bonchev–Trinajstić information content (AvgIpc) is 2.86. The molecule has 0 radical (unpaired) electrons. The van der Waals surface area contributed by atoms with Crippen molar-refractivity contribution in [3.8, 4) is 6.07 Å². The molecule has 0 amide bonds. The van der Waals surface area contributed by atoms with Gasteiger partial charge in [0.25, 0.3) is 0 Å². The summed E-state index contributed by atoms with van der Waals surface area (Å²) in [4.78, 5) is 0. The van der Waals surface area contributed by atoms with Gasteiger partial charge in [0.1, 0.15) is 0 Å². The molecule has 1 aromatic heterocycles. The van der Waals surface area contributed by atoms with Gasteiger partial charge in [0.15, 0.2) is 0 Å². The molecule has 0 spiro atoms. The zero-order valence-corrected chi connectivity index (χ0v) is 11.9. The summed E-state index contributed by atoms with van der Waals surface area (Å²) in [5, 5.41) is 20.7. The van der Waals surface area contributed by atoms with E-state index in [1.807, 2.05) is 41.8 Å². The van der Waals surface area contributed by atoms with Crippen LogP contribution in [0.2, 0.25) is 4.34 Å². The van der Waals surface area contributed by atoms with Crippen molar-refractivity contribution in [1.82, 2.24) is 0 Å². The fourth-order valence-electron chi connectivity index (χ4n) is 2.24. The lowest BCUT2D eigenvalue weighted by molar-refractivity contribution is 0.272. The third kappa shape index (κ3) is 3.36. The van der Waals surface area contributed by atoms with E-state index >= 15 is 0 Å². The normalized spacial score (nSPS) is 13.7. The van der Waals surface area contributed by atoms with Crippen molar-refractivity contribution in [2.24, 2.45) is 0 Å². The smallest absolute Gasteiger partial charge is 0.0931 e. The van der Waals surface area contributed by atoms with Crippen molar-refractivity contribution < 1.29 is 5.11 Å². The highest BCUT2D eigenvalue weighted by molar-refractivity contribution is 7.14. The van der Waals surface area contributed by atoms with Gasteiger partial charge >= 0.3 is 0 Å². The first-order chi connectivity index (χ1) is 9.26.